The third-order valence-electron chi connectivity index (χ3n) is 7.90. The average Bonchev–Trinajstić information content (AvgIpc) is 2.97. The van der Waals surface area contributed by atoms with Crippen LogP contribution in [0.1, 0.15) is 75.2 Å². The average molecular weight is 647 g/mol. The highest BCUT2D eigenvalue weighted by Gasteiger charge is 2.43. The Labute approximate surface area is 274 Å². The van der Waals surface area contributed by atoms with Gasteiger partial charge in [0.2, 0.25) is 11.8 Å². The van der Waals surface area contributed by atoms with E-state index in [1.807, 2.05) is 33.8 Å². The molecule has 0 aliphatic carbocycles. The maximum Gasteiger partial charge on any atom is 0.410 e. The zero-order chi connectivity index (χ0) is 34.4. The lowest BCUT2D eigenvalue weighted by Gasteiger charge is -2.41. The smallest absolute Gasteiger partial charge is 0.410 e. The lowest BCUT2D eigenvalue weighted by molar-refractivity contribution is -0.133. The molecular weight excluding hydrogens is 592 g/mol. The van der Waals surface area contributed by atoms with Gasteiger partial charge in [-0.25, -0.2) is 4.79 Å². The van der Waals surface area contributed by atoms with Crippen molar-refractivity contribution in [1.82, 2.24) is 10.2 Å². The van der Waals surface area contributed by atoms with Crippen molar-refractivity contribution in [2.24, 2.45) is 11.8 Å². The number of methoxy groups -OCH3 is 1. The van der Waals surface area contributed by atoms with E-state index in [2.05, 4.69) is 5.32 Å². The van der Waals surface area contributed by atoms with Crippen LogP contribution in [0.3, 0.4) is 0 Å². The lowest BCUT2D eigenvalue weighted by atomic mass is 9.87. The molecule has 258 valence electrons. The number of fused-ring (bicyclic) bond motifs is 1. The summed E-state index contributed by atoms with van der Waals surface area (Å²) in [5.41, 5.74) is -0.616. The van der Waals surface area contributed by atoms with Gasteiger partial charge in [-0.3, -0.25) is 14.4 Å². The summed E-state index contributed by atoms with van der Waals surface area (Å²) >= 11 is 0. The van der Waals surface area contributed by atoms with Gasteiger partial charge < -0.3 is 39.0 Å². The summed E-state index contributed by atoms with van der Waals surface area (Å²) in [7, 11) is 1.62. The van der Waals surface area contributed by atoms with Gasteiger partial charge in [0, 0.05) is 57.7 Å². The molecule has 12 heteroatoms. The number of ether oxygens (including phenoxy) is 4. The van der Waals surface area contributed by atoms with E-state index in [-0.39, 0.29) is 49.3 Å². The van der Waals surface area contributed by atoms with E-state index in [0.29, 0.717) is 49.9 Å². The third-order valence-corrected chi connectivity index (χ3v) is 7.90. The quantitative estimate of drug-likeness (QED) is 0.332. The van der Waals surface area contributed by atoms with Crippen LogP contribution in [0.2, 0.25) is 0 Å². The number of anilines is 2. The molecule has 2 heterocycles. The maximum atomic E-state index is 14.4. The molecule has 12 nitrogen and oxygen atoms in total. The molecule has 3 atom stereocenters. The summed E-state index contributed by atoms with van der Waals surface area (Å²) in [5.74, 6) is -1.39. The Morgan fingerprint density at radius 2 is 1.80 bits per heavy atom. The fraction of sp³-hybridized carbons (Fsp3) is 0.706. The normalized spacial score (nSPS) is 20.1. The molecule has 1 fully saturated rings. The van der Waals surface area contributed by atoms with Crippen molar-refractivity contribution in [2.75, 3.05) is 56.4 Å². The number of nitrogens with one attached hydrogen (secondary N) is 1. The topological polar surface area (TPSA) is 127 Å². The minimum atomic E-state index is -1.04. The molecule has 0 bridgehead atoms. The van der Waals surface area contributed by atoms with Crippen molar-refractivity contribution in [3.05, 3.63) is 18.2 Å². The van der Waals surface area contributed by atoms with Crippen molar-refractivity contribution in [3.63, 3.8) is 0 Å². The van der Waals surface area contributed by atoms with Gasteiger partial charge in [0.1, 0.15) is 11.4 Å². The molecule has 0 radical (unpaired) electrons. The number of amides is 4. The van der Waals surface area contributed by atoms with Gasteiger partial charge in [0.15, 0.2) is 5.60 Å². The number of carbonyl (C=O) groups excluding carboxylic acids is 4. The Morgan fingerprint density at radius 1 is 1.13 bits per heavy atom. The Bertz CT molecular complexity index is 1240. The fourth-order valence-electron chi connectivity index (χ4n) is 5.81. The summed E-state index contributed by atoms with van der Waals surface area (Å²) in [4.78, 5) is 59.3. The van der Waals surface area contributed by atoms with E-state index in [4.69, 9.17) is 18.9 Å². The zero-order valence-electron chi connectivity index (χ0n) is 29.3. The summed E-state index contributed by atoms with van der Waals surface area (Å²) in [6.07, 6.45) is 0.322. The highest BCUT2D eigenvalue weighted by atomic mass is 16.6. The van der Waals surface area contributed by atoms with E-state index >= 15 is 0 Å². The molecule has 4 amide bonds. The Balaban J connectivity index is 1.95. The van der Waals surface area contributed by atoms with E-state index in [1.54, 1.807) is 63.7 Å². The van der Waals surface area contributed by atoms with Crippen LogP contribution in [0.5, 0.6) is 5.75 Å². The second-order valence-electron chi connectivity index (χ2n) is 14.0. The molecule has 0 unspecified atom stereocenters. The number of hydrogen-bond acceptors (Lipinski definition) is 8. The second-order valence-corrected chi connectivity index (χ2v) is 14.0. The standard InChI is InChI=1S/C34H54N4O8/c1-11-44-21-23(4)35-29(39)24-17-25(20-36(19-24)32(42)46-33(5,6)7)30(40)38(22(2)3)26-13-14-28-27(18-26)37(15-12-16-43-10)31(41)34(8,9)45-28/h13-14,18,22-25H,11-12,15-17,19-21H2,1-10H3,(H,35,39)/t23-,24+,25-/m1/s1. The van der Waals surface area contributed by atoms with Crippen molar-refractivity contribution in [2.45, 2.75) is 98.4 Å². The van der Waals surface area contributed by atoms with Crippen LogP contribution in [0.4, 0.5) is 16.2 Å². The number of piperidine rings is 1. The van der Waals surface area contributed by atoms with Crippen LogP contribution in [0.15, 0.2) is 18.2 Å². The molecule has 1 saturated heterocycles. The summed E-state index contributed by atoms with van der Waals surface area (Å²) in [6, 6.07) is 4.91. The fourth-order valence-corrected chi connectivity index (χ4v) is 5.81. The highest BCUT2D eigenvalue weighted by molar-refractivity contribution is 6.04. The van der Waals surface area contributed by atoms with Crippen molar-refractivity contribution < 1.29 is 38.1 Å². The molecule has 0 spiro atoms. The largest absolute Gasteiger partial charge is 0.476 e. The first kappa shape index (κ1) is 37.1. The molecule has 0 saturated carbocycles. The molecular formula is C34H54N4O8. The number of hydrogen-bond donors (Lipinski definition) is 1. The van der Waals surface area contributed by atoms with Gasteiger partial charge in [0.25, 0.3) is 5.91 Å². The first-order valence-corrected chi connectivity index (χ1v) is 16.3. The molecule has 3 rings (SSSR count). The Hall–Kier alpha value is -3.38. The maximum absolute atomic E-state index is 14.4. The van der Waals surface area contributed by atoms with Crippen LogP contribution in [0, 0.1) is 11.8 Å². The van der Waals surface area contributed by atoms with Crippen LogP contribution in [-0.4, -0.2) is 98.6 Å². The number of likely N-dealkylation sites (tertiary alicyclic amines) is 1. The van der Waals surface area contributed by atoms with Crippen LogP contribution in [-0.2, 0) is 28.6 Å². The van der Waals surface area contributed by atoms with Crippen LogP contribution in [0.25, 0.3) is 0 Å². The van der Waals surface area contributed by atoms with Crippen LogP contribution >= 0.6 is 0 Å². The third kappa shape index (κ3) is 9.34. The molecule has 1 N–H and O–H groups in total. The first-order valence-electron chi connectivity index (χ1n) is 16.3. The van der Waals surface area contributed by atoms with Crippen molar-refractivity contribution in [3.8, 4) is 5.75 Å². The van der Waals surface area contributed by atoms with Crippen molar-refractivity contribution >= 4 is 35.2 Å². The summed E-state index contributed by atoms with van der Waals surface area (Å²) < 4.78 is 22.4. The molecule has 1 aromatic carbocycles. The molecule has 0 aromatic heterocycles. The van der Waals surface area contributed by atoms with E-state index in [9.17, 15) is 19.2 Å². The Kier molecular flexibility index (Phi) is 12.5. The molecule has 2 aliphatic rings. The zero-order valence-corrected chi connectivity index (χ0v) is 29.3. The van der Waals surface area contributed by atoms with E-state index in [0.717, 1.165) is 0 Å². The monoisotopic (exact) mass is 646 g/mol. The molecule has 2 aliphatic heterocycles. The Morgan fingerprint density at radius 3 is 2.41 bits per heavy atom. The predicted molar refractivity (Wildman–Crippen MR) is 176 cm³/mol. The predicted octanol–water partition coefficient (Wildman–Crippen LogP) is 4.38. The minimum Gasteiger partial charge on any atom is -0.476 e. The van der Waals surface area contributed by atoms with Gasteiger partial charge >= 0.3 is 6.09 Å². The summed E-state index contributed by atoms with van der Waals surface area (Å²) in [6.45, 7) is 18.4. The van der Waals surface area contributed by atoms with Gasteiger partial charge in [-0.15, -0.1) is 0 Å². The minimum absolute atomic E-state index is 0.110. The van der Waals surface area contributed by atoms with E-state index in [1.165, 1.54) is 4.90 Å². The number of rotatable bonds is 12. The molecule has 46 heavy (non-hydrogen) atoms. The first-order chi connectivity index (χ1) is 21.5. The number of carbonyl (C=O) groups is 4. The molecule has 1 aromatic rings. The number of nitrogens with zero attached hydrogens (tertiary/aromatic N) is 3. The SMILES string of the molecule is CCOC[C@@H](C)NC(=O)[C@H]1C[C@@H](C(=O)N(c2ccc3c(c2)N(CCCOC)C(=O)C(C)(C)O3)C(C)C)CN(C(=O)OC(C)(C)C)C1. The number of benzene rings is 1. The van der Waals surface area contributed by atoms with Gasteiger partial charge in [0.05, 0.1) is 24.1 Å². The van der Waals surface area contributed by atoms with Gasteiger partial charge in [-0.2, -0.15) is 0 Å². The second kappa shape index (κ2) is 15.5. The van der Waals surface area contributed by atoms with Gasteiger partial charge in [-0.1, -0.05) is 0 Å². The van der Waals surface area contributed by atoms with E-state index < -0.39 is 29.1 Å². The highest BCUT2D eigenvalue weighted by Crippen LogP contribution is 2.41. The summed E-state index contributed by atoms with van der Waals surface area (Å²) in [5, 5.41) is 2.98. The van der Waals surface area contributed by atoms with Crippen molar-refractivity contribution in [1.29, 1.82) is 0 Å². The van der Waals surface area contributed by atoms with Gasteiger partial charge in [-0.05, 0) is 93.4 Å². The lowest BCUT2D eigenvalue weighted by Crippen LogP contribution is -2.55. The van der Waals surface area contributed by atoms with Crippen LogP contribution < -0.4 is 19.9 Å².